The number of carbonyl (C=O) groups excluding carboxylic acids is 3. The first-order valence-electron chi connectivity index (χ1n) is 9.44. The van der Waals surface area contributed by atoms with Gasteiger partial charge in [0.25, 0.3) is 0 Å². The molecule has 3 fully saturated rings. The minimum atomic E-state index is -0.567. The molecule has 4 rings (SSSR count). The van der Waals surface area contributed by atoms with Crippen LogP contribution in [0.5, 0.6) is 0 Å². The number of thioether (sulfide) groups is 1. The molecule has 3 aliphatic rings. The molecule has 2 heterocycles. The molecular weight excluding hydrogens is 368 g/mol. The summed E-state index contributed by atoms with van der Waals surface area (Å²) < 4.78 is 0. The summed E-state index contributed by atoms with van der Waals surface area (Å²) in [6.45, 7) is 0. The first kappa shape index (κ1) is 18.0. The fraction of sp³-hybridized carbons (Fsp3) is 0.632. The number of thiophene rings is 1. The van der Waals surface area contributed by atoms with Gasteiger partial charge in [-0.3, -0.25) is 14.4 Å². The van der Waals surface area contributed by atoms with E-state index < -0.39 is 6.04 Å². The summed E-state index contributed by atoms with van der Waals surface area (Å²) in [6.07, 6.45) is 6.53. The van der Waals surface area contributed by atoms with Gasteiger partial charge in [0.15, 0.2) is 5.12 Å². The molecule has 0 radical (unpaired) electrons. The molecule has 2 atom stereocenters. The van der Waals surface area contributed by atoms with Gasteiger partial charge in [-0.05, 0) is 48.1 Å². The van der Waals surface area contributed by atoms with Crippen LogP contribution in [0.25, 0.3) is 0 Å². The summed E-state index contributed by atoms with van der Waals surface area (Å²) >= 11 is 2.79. The van der Waals surface area contributed by atoms with Crippen LogP contribution in [-0.2, 0) is 14.4 Å². The van der Waals surface area contributed by atoms with Gasteiger partial charge in [0.05, 0.1) is 5.92 Å². The SMILES string of the molecule is O=C1C[C@@H](C(=O)N(C2CC2)[C@H](C(=O)NC2CCCC2)c2ccsc2)CS1. The first-order valence-corrected chi connectivity index (χ1v) is 11.4. The Morgan fingerprint density at radius 1 is 1.19 bits per heavy atom. The Bertz CT molecular complexity index is 681. The van der Waals surface area contributed by atoms with Crippen LogP contribution in [0.2, 0.25) is 0 Å². The number of rotatable bonds is 6. The Hall–Kier alpha value is -1.34. The second-order valence-corrected chi connectivity index (χ2v) is 9.37. The molecule has 0 bridgehead atoms. The Morgan fingerprint density at radius 2 is 1.96 bits per heavy atom. The number of nitrogens with one attached hydrogen (secondary N) is 1. The third-order valence-corrected chi connectivity index (χ3v) is 7.25. The molecular formula is C19H24N2O3S2. The Kier molecular flexibility index (Phi) is 5.36. The normalized spacial score (nSPS) is 24.6. The highest BCUT2D eigenvalue weighted by atomic mass is 32.2. The molecule has 5 nitrogen and oxygen atoms in total. The van der Waals surface area contributed by atoms with Gasteiger partial charge in [-0.2, -0.15) is 11.3 Å². The summed E-state index contributed by atoms with van der Waals surface area (Å²) in [7, 11) is 0. The maximum absolute atomic E-state index is 13.2. The van der Waals surface area contributed by atoms with Crippen LogP contribution in [0.15, 0.2) is 16.8 Å². The van der Waals surface area contributed by atoms with Gasteiger partial charge in [-0.25, -0.2) is 0 Å². The van der Waals surface area contributed by atoms with Gasteiger partial charge in [0.2, 0.25) is 11.8 Å². The largest absolute Gasteiger partial charge is 0.351 e. The predicted octanol–water partition coefficient (Wildman–Crippen LogP) is 3.12. The molecule has 0 spiro atoms. The van der Waals surface area contributed by atoms with Crippen molar-refractivity contribution in [3.8, 4) is 0 Å². The van der Waals surface area contributed by atoms with Crippen LogP contribution in [0, 0.1) is 5.92 Å². The Balaban J connectivity index is 1.58. The molecule has 1 aromatic heterocycles. The number of hydrogen-bond donors (Lipinski definition) is 1. The molecule has 140 valence electrons. The zero-order valence-electron chi connectivity index (χ0n) is 14.7. The minimum absolute atomic E-state index is 0.0244. The van der Waals surface area contributed by atoms with E-state index in [1.54, 1.807) is 16.2 Å². The van der Waals surface area contributed by atoms with E-state index in [1.165, 1.54) is 11.8 Å². The topological polar surface area (TPSA) is 66.5 Å². The van der Waals surface area contributed by atoms with Gasteiger partial charge in [0.1, 0.15) is 6.04 Å². The highest BCUT2D eigenvalue weighted by molar-refractivity contribution is 8.14. The summed E-state index contributed by atoms with van der Waals surface area (Å²) in [4.78, 5) is 39.9. The monoisotopic (exact) mass is 392 g/mol. The average molecular weight is 393 g/mol. The fourth-order valence-corrected chi connectivity index (χ4v) is 5.62. The zero-order chi connectivity index (χ0) is 18.1. The van der Waals surface area contributed by atoms with E-state index in [0.717, 1.165) is 44.1 Å². The third-order valence-electron chi connectivity index (χ3n) is 5.49. The van der Waals surface area contributed by atoms with Gasteiger partial charge < -0.3 is 10.2 Å². The average Bonchev–Trinajstić information content (AvgIpc) is 3.04. The van der Waals surface area contributed by atoms with E-state index in [-0.39, 0.29) is 34.9 Å². The molecule has 26 heavy (non-hydrogen) atoms. The van der Waals surface area contributed by atoms with Crippen LogP contribution in [0.4, 0.5) is 0 Å². The van der Waals surface area contributed by atoms with Crippen molar-refractivity contribution in [1.82, 2.24) is 10.2 Å². The fourth-order valence-electron chi connectivity index (χ4n) is 3.97. The van der Waals surface area contributed by atoms with E-state index in [0.29, 0.717) is 12.2 Å². The highest BCUT2D eigenvalue weighted by Crippen LogP contribution is 2.39. The number of amides is 2. The van der Waals surface area contributed by atoms with Crippen LogP contribution in [0.1, 0.15) is 56.6 Å². The van der Waals surface area contributed by atoms with Gasteiger partial charge in [-0.1, -0.05) is 24.6 Å². The molecule has 0 aromatic carbocycles. The number of nitrogens with zero attached hydrogens (tertiary/aromatic N) is 1. The molecule has 1 aromatic rings. The number of hydrogen-bond acceptors (Lipinski definition) is 5. The maximum atomic E-state index is 13.2. The van der Waals surface area contributed by atoms with E-state index in [4.69, 9.17) is 0 Å². The molecule has 1 aliphatic heterocycles. The van der Waals surface area contributed by atoms with E-state index in [9.17, 15) is 14.4 Å². The van der Waals surface area contributed by atoms with Crippen molar-refractivity contribution in [3.05, 3.63) is 22.4 Å². The van der Waals surface area contributed by atoms with Crippen LogP contribution >= 0.6 is 23.1 Å². The summed E-state index contributed by atoms with van der Waals surface area (Å²) in [6, 6.07) is 1.73. The van der Waals surface area contributed by atoms with Crippen LogP contribution in [-0.4, -0.2) is 39.7 Å². The quantitative estimate of drug-likeness (QED) is 0.808. The highest BCUT2D eigenvalue weighted by Gasteiger charge is 2.45. The van der Waals surface area contributed by atoms with E-state index in [1.807, 2.05) is 16.8 Å². The standard InChI is InChI=1S/C19H24N2O3S2/c22-16-9-13(11-26-16)19(24)21(15-5-6-15)17(12-7-8-25-10-12)18(23)20-14-3-1-2-4-14/h7-8,10,13-15,17H,1-6,9,11H2,(H,20,23)/t13-,17+/m1/s1. The molecule has 2 amide bonds. The maximum Gasteiger partial charge on any atom is 0.247 e. The van der Waals surface area contributed by atoms with Crippen molar-refractivity contribution in [1.29, 1.82) is 0 Å². The van der Waals surface area contributed by atoms with E-state index in [2.05, 4.69) is 5.32 Å². The van der Waals surface area contributed by atoms with Crippen molar-refractivity contribution < 1.29 is 14.4 Å². The molecule has 0 unspecified atom stereocenters. The van der Waals surface area contributed by atoms with Gasteiger partial charge in [0, 0.05) is 24.3 Å². The van der Waals surface area contributed by atoms with Crippen LogP contribution < -0.4 is 5.32 Å². The molecule has 7 heteroatoms. The lowest BCUT2D eigenvalue weighted by Gasteiger charge is -2.33. The Labute approximate surface area is 161 Å². The predicted molar refractivity (Wildman–Crippen MR) is 103 cm³/mol. The lowest BCUT2D eigenvalue weighted by atomic mass is 10.0. The first-order chi connectivity index (χ1) is 12.6. The van der Waals surface area contributed by atoms with Crippen molar-refractivity contribution >= 4 is 40.0 Å². The molecule has 1 N–H and O–H groups in total. The van der Waals surface area contributed by atoms with Crippen LogP contribution in [0.3, 0.4) is 0 Å². The molecule has 2 saturated carbocycles. The second-order valence-electron chi connectivity index (χ2n) is 7.51. The summed E-state index contributed by atoms with van der Waals surface area (Å²) in [5.41, 5.74) is 0.891. The van der Waals surface area contributed by atoms with E-state index >= 15 is 0 Å². The lowest BCUT2D eigenvalue weighted by Crippen LogP contribution is -2.48. The summed E-state index contributed by atoms with van der Waals surface area (Å²) in [5.74, 6) is 0.172. The van der Waals surface area contributed by atoms with Crippen molar-refractivity contribution in [2.45, 2.75) is 63.1 Å². The smallest absolute Gasteiger partial charge is 0.247 e. The van der Waals surface area contributed by atoms with Crippen molar-refractivity contribution in [3.63, 3.8) is 0 Å². The summed E-state index contributed by atoms with van der Waals surface area (Å²) in [5, 5.41) is 7.19. The number of carbonyl (C=O) groups is 3. The third kappa shape index (κ3) is 3.83. The van der Waals surface area contributed by atoms with Gasteiger partial charge in [-0.15, -0.1) is 0 Å². The van der Waals surface area contributed by atoms with Gasteiger partial charge >= 0.3 is 0 Å². The lowest BCUT2D eigenvalue weighted by molar-refractivity contribution is -0.144. The second kappa shape index (κ2) is 7.72. The molecule has 1 saturated heterocycles. The minimum Gasteiger partial charge on any atom is -0.351 e. The van der Waals surface area contributed by atoms with Crippen molar-refractivity contribution in [2.75, 3.05) is 5.75 Å². The van der Waals surface area contributed by atoms with Crippen molar-refractivity contribution in [2.24, 2.45) is 5.92 Å². The Morgan fingerprint density at radius 3 is 2.54 bits per heavy atom. The molecule has 2 aliphatic carbocycles. The zero-order valence-corrected chi connectivity index (χ0v) is 16.3.